The zero-order valence-corrected chi connectivity index (χ0v) is 15.1. The molecule has 1 unspecified atom stereocenters. The molecule has 1 heterocycles. The number of carbonyl (C=O) groups excluding carboxylic acids is 2. The average Bonchev–Trinajstić information content (AvgIpc) is 2.59. The van der Waals surface area contributed by atoms with Gasteiger partial charge < -0.3 is 16.0 Å². The molecular formula is C18H27N3O2S. The molecule has 2 rings (SSSR count). The highest BCUT2D eigenvalue weighted by Gasteiger charge is 2.26. The Labute approximate surface area is 148 Å². The maximum absolute atomic E-state index is 12.6. The molecule has 0 spiro atoms. The predicted octanol–water partition coefficient (Wildman–Crippen LogP) is 1.93. The van der Waals surface area contributed by atoms with Crippen molar-refractivity contribution in [3.63, 3.8) is 0 Å². The van der Waals surface area contributed by atoms with E-state index in [1.165, 1.54) is 5.56 Å². The van der Waals surface area contributed by atoms with E-state index in [0.717, 1.165) is 30.7 Å². The highest BCUT2D eigenvalue weighted by atomic mass is 32.2. The van der Waals surface area contributed by atoms with Gasteiger partial charge in [-0.25, -0.2) is 0 Å². The number of piperidine rings is 1. The Balaban J connectivity index is 1.88. The van der Waals surface area contributed by atoms with Crippen LogP contribution in [-0.4, -0.2) is 48.1 Å². The first-order chi connectivity index (χ1) is 11.6. The topological polar surface area (TPSA) is 75.4 Å². The number of aryl methyl sites for hydroxylation is 1. The number of benzene rings is 1. The number of nitrogens with zero attached hydrogens (tertiary/aromatic N) is 1. The SMILES string of the molecule is Cc1ccccc1SCC(=O)N1CCCCC1CNC(=O)CCN. The van der Waals surface area contributed by atoms with Gasteiger partial charge in [-0.1, -0.05) is 18.2 Å². The highest BCUT2D eigenvalue weighted by molar-refractivity contribution is 8.00. The van der Waals surface area contributed by atoms with Gasteiger partial charge in [0.1, 0.15) is 0 Å². The number of likely N-dealkylation sites (tertiary alicyclic amines) is 1. The highest BCUT2D eigenvalue weighted by Crippen LogP contribution is 2.24. The minimum atomic E-state index is -0.0373. The molecule has 5 nitrogen and oxygen atoms in total. The third-order valence-electron chi connectivity index (χ3n) is 4.30. The first kappa shape index (κ1) is 18.8. The lowest BCUT2D eigenvalue weighted by molar-refractivity contribution is -0.132. The fraction of sp³-hybridized carbons (Fsp3) is 0.556. The standard InChI is InChI=1S/C18H27N3O2S/c1-14-6-2-3-8-16(14)24-13-18(23)21-11-5-4-7-15(21)12-20-17(22)9-10-19/h2-3,6,8,15H,4-5,7,9-13,19H2,1H3,(H,20,22). The maximum atomic E-state index is 12.6. The largest absolute Gasteiger partial charge is 0.354 e. The molecule has 2 amide bonds. The number of nitrogens with two attached hydrogens (primary N) is 1. The summed E-state index contributed by atoms with van der Waals surface area (Å²) in [7, 11) is 0. The van der Waals surface area contributed by atoms with E-state index in [0.29, 0.717) is 25.3 Å². The summed E-state index contributed by atoms with van der Waals surface area (Å²) in [6.07, 6.45) is 3.42. The molecule has 6 heteroatoms. The average molecular weight is 350 g/mol. The number of carbonyl (C=O) groups is 2. The van der Waals surface area contributed by atoms with Crippen LogP contribution in [0.1, 0.15) is 31.2 Å². The van der Waals surface area contributed by atoms with Gasteiger partial charge in [0.15, 0.2) is 0 Å². The molecule has 1 aromatic carbocycles. The van der Waals surface area contributed by atoms with Crippen molar-refractivity contribution in [3.05, 3.63) is 29.8 Å². The Morgan fingerprint density at radius 1 is 1.33 bits per heavy atom. The van der Waals surface area contributed by atoms with Crippen LogP contribution in [0.3, 0.4) is 0 Å². The summed E-state index contributed by atoms with van der Waals surface area (Å²) >= 11 is 1.59. The van der Waals surface area contributed by atoms with E-state index in [2.05, 4.69) is 18.3 Å². The Hall–Kier alpha value is -1.53. The van der Waals surface area contributed by atoms with Crippen LogP contribution >= 0.6 is 11.8 Å². The van der Waals surface area contributed by atoms with Gasteiger partial charge in [-0.15, -0.1) is 11.8 Å². The van der Waals surface area contributed by atoms with Crippen LogP contribution in [0, 0.1) is 6.92 Å². The monoisotopic (exact) mass is 349 g/mol. The van der Waals surface area contributed by atoms with Crippen LogP contribution in [0.25, 0.3) is 0 Å². The van der Waals surface area contributed by atoms with Gasteiger partial charge in [-0.2, -0.15) is 0 Å². The fourth-order valence-corrected chi connectivity index (χ4v) is 3.85. The first-order valence-electron chi connectivity index (χ1n) is 8.56. The first-order valence-corrected chi connectivity index (χ1v) is 9.55. The quantitative estimate of drug-likeness (QED) is 0.738. The van der Waals surface area contributed by atoms with Crippen molar-refractivity contribution in [2.24, 2.45) is 5.73 Å². The number of hydrogen-bond acceptors (Lipinski definition) is 4. The summed E-state index contributed by atoms with van der Waals surface area (Å²) in [5.41, 5.74) is 6.59. The van der Waals surface area contributed by atoms with Crippen LogP contribution in [0.2, 0.25) is 0 Å². The fourth-order valence-electron chi connectivity index (χ4n) is 2.93. The Bertz CT molecular complexity index is 565. The van der Waals surface area contributed by atoms with E-state index in [1.54, 1.807) is 11.8 Å². The minimum absolute atomic E-state index is 0.0373. The van der Waals surface area contributed by atoms with Gasteiger partial charge in [0.25, 0.3) is 0 Å². The molecule has 0 bridgehead atoms. The summed E-state index contributed by atoms with van der Waals surface area (Å²) in [5, 5.41) is 2.90. The molecule has 0 radical (unpaired) electrons. The lowest BCUT2D eigenvalue weighted by Crippen LogP contribution is -2.50. The molecule has 0 aromatic heterocycles. The van der Waals surface area contributed by atoms with Crippen LogP contribution in [0.5, 0.6) is 0 Å². The van der Waals surface area contributed by atoms with Crippen molar-refractivity contribution < 1.29 is 9.59 Å². The second-order valence-corrected chi connectivity index (χ2v) is 7.15. The molecule has 0 saturated carbocycles. The Morgan fingerprint density at radius 2 is 2.12 bits per heavy atom. The van der Waals surface area contributed by atoms with Crippen LogP contribution < -0.4 is 11.1 Å². The summed E-state index contributed by atoms with van der Waals surface area (Å²) in [5.74, 6) is 0.559. The second kappa shape index (κ2) is 9.69. The summed E-state index contributed by atoms with van der Waals surface area (Å²) < 4.78 is 0. The van der Waals surface area contributed by atoms with Gasteiger partial charge in [0.2, 0.25) is 11.8 Å². The van der Waals surface area contributed by atoms with E-state index in [4.69, 9.17) is 5.73 Å². The molecule has 1 atom stereocenters. The van der Waals surface area contributed by atoms with Crippen LogP contribution in [0.15, 0.2) is 29.2 Å². The molecule has 1 fully saturated rings. The summed E-state index contributed by atoms with van der Waals surface area (Å²) in [4.78, 5) is 27.3. The predicted molar refractivity (Wildman–Crippen MR) is 97.9 cm³/mol. The minimum Gasteiger partial charge on any atom is -0.354 e. The maximum Gasteiger partial charge on any atom is 0.233 e. The van der Waals surface area contributed by atoms with Crippen molar-refractivity contribution in [1.82, 2.24) is 10.2 Å². The van der Waals surface area contributed by atoms with Crippen molar-refractivity contribution in [2.45, 2.75) is 43.5 Å². The van der Waals surface area contributed by atoms with Gasteiger partial charge in [-0.3, -0.25) is 9.59 Å². The lowest BCUT2D eigenvalue weighted by atomic mass is 10.0. The zero-order chi connectivity index (χ0) is 17.4. The van der Waals surface area contributed by atoms with Gasteiger partial charge >= 0.3 is 0 Å². The van der Waals surface area contributed by atoms with Gasteiger partial charge in [0.05, 0.1) is 5.75 Å². The zero-order valence-electron chi connectivity index (χ0n) is 14.3. The summed E-state index contributed by atoms with van der Waals surface area (Å²) in [6.45, 7) is 3.72. The van der Waals surface area contributed by atoms with Crippen molar-refractivity contribution in [3.8, 4) is 0 Å². The van der Waals surface area contributed by atoms with E-state index in [9.17, 15) is 9.59 Å². The summed E-state index contributed by atoms with van der Waals surface area (Å²) in [6, 6.07) is 8.21. The molecule has 0 aliphatic carbocycles. The molecule has 1 aromatic rings. The van der Waals surface area contributed by atoms with Gasteiger partial charge in [-0.05, 0) is 37.8 Å². The van der Waals surface area contributed by atoms with Crippen LogP contribution in [-0.2, 0) is 9.59 Å². The van der Waals surface area contributed by atoms with Crippen molar-refractivity contribution in [2.75, 3.05) is 25.4 Å². The molecule has 1 aliphatic heterocycles. The molecular weight excluding hydrogens is 322 g/mol. The Kier molecular flexibility index (Phi) is 7.59. The smallest absolute Gasteiger partial charge is 0.233 e. The molecule has 3 N–H and O–H groups in total. The van der Waals surface area contributed by atoms with Gasteiger partial charge in [0, 0.05) is 37.0 Å². The number of nitrogens with one attached hydrogen (secondary N) is 1. The van der Waals surface area contributed by atoms with E-state index >= 15 is 0 Å². The number of rotatable bonds is 7. The molecule has 24 heavy (non-hydrogen) atoms. The lowest BCUT2D eigenvalue weighted by Gasteiger charge is -2.36. The number of amides is 2. The van der Waals surface area contributed by atoms with E-state index in [-0.39, 0.29) is 17.9 Å². The molecule has 1 aliphatic rings. The van der Waals surface area contributed by atoms with Crippen LogP contribution in [0.4, 0.5) is 0 Å². The molecule has 1 saturated heterocycles. The number of thioether (sulfide) groups is 1. The third kappa shape index (κ3) is 5.53. The third-order valence-corrected chi connectivity index (χ3v) is 5.46. The second-order valence-electron chi connectivity index (χ2n) is 6.13. The van der Waals surface area contributed by atoms with E-state index in [1.807, 2.05) is 23.1 Å². The van der Waals surface area contributed by atoms with E-state index < -0.39 is 0 Å². The van der Waals surface area contributed by atoms with Crippen molar-refractivity contribution >= 4 is 23.6 Å². The molecule has 132 valence electrons. The normalized spacial score (nSPS) is 17.6. The Morgan fingerprint density at radius 3 is 2.88 bits per heavy atom. The number of hydrogen-bond donors (Lipinski definition) is 2. The van der Waals surface area contributed by atoms with Crippen molar-refractivity contribution in [1.29, 1.82) is 0 Å².